The van der Waals surface area contributed by atoms with Gasteiger partial charge in [-0.05, 0) is 62.2 Å². The van der Waals surface area contributed by atoms with Crippen LogP contribution in [0.1, 0.15) is 41.2 Å². The molecule has 2 unspecified atom stereocenters. The topological polar surface area (TPSA) is 77.2 Å². The highest BCUT2D eigenvalue weighted by Gasteiger charge is 2.30. The highest BCUT2D eigenvalue weighted by molar-refractivity contribution is 6.36. The summed E-state index contributed by atoms with van der Waals surface area (Å²) in [7, 11) is 0. The van der Waals surface area contributed by atoms with Crippen LogP contribution in [0.5, 0.6) is 0 Å². The van der Waals surface area contributed by atoms with Crippen molar-refractivity contribution in [2.24, 2.45) is 0 Å². The maximum Gasteiger partial charge on any atom is 0.256 e. The Balaban J connectivity index is 1.58. The quantitative estimate of drug-likeness (QED) is 0.469. The molecule has 6 nitrogen and oxygen atoms in total. The lowest BCUT2D eigenvalue weighted by Crippen LogP contribution is -2.55. The lowest BCUT2D eigenvalue weighted by atomic mass is 9.94. The van der Waals surface area contributed by atoms with Crippen molar-refractivity contribution in [1.82, 2.24) is 15.2 Å². The second-order valence-electron chi connectivity index (χ2n) is 9.21. The van der Waals surface area contributed by atoms with Gasteiger partial charge in [0.1, 0.15) is 0 Å². The van der Waals surface area contributed by atoms with Gasteiger partial charge < -0.3 is 20.5 Å². The monoisotopic (exact) mass is 474 g/mol. The molecule has 5 rings (SSSR count). The largest absolute Gasteiger partial charge is 0.358 e. The van der Waals surface area contributed by atoms with Crippen LogP contribution in [0.4, 0.5) is 5.69 Å². The Kier molecular flexibility index (Phi) is 5.80. The van der Waals surface area contributed by atoms with Gasteiger partial charge in [-0.3, -0.25) is 9.59 Å². The Hall–Kier alpha value is -3.35. The van der Waals surface area contributed by atoms with Crippen molar-refractivity contribution >= 4 is 40.8 Å². The van der Waals surface area contributed by atoms with E-state index in [-0.39, 0.29) is 23.9 Å². The smallest absolute Gasteiger partial charge is 0.256 e. The van der Waals surface area contributed by atoms with Gasteiger partial charge >= 0.3 is 0 Å². The Morgan fingerprint density at radius 2 is 1.82 bits per heavy atom. The zero-order chi connectivity index (χ0) is 24.0. The van der Waals surface area contributed by atoms with Gasteiger partial charge in [-0.15, -0.1) is 0 Å². The van der Waals surface area contributed by atoms with Crippen LogP contribution in [0.2, 0.25) is 5.02 Å². The van der Waals surface area contributed by atoms with Crippen LogP contribution in [-0.4, -0.2) is 46.9 Å². The molecule has 2 aliphatic rings. The van der Waals surface area contributed by atoms with Crippen molar-refractivity contribution in [1.29, 1.82) is 0 Å². The second kappa shape index (κ2) is 8.78. The lowest BCUT2D eigenvalue weighted by Gasteiger charge is -2.36. The summed E-state index contributed by atoms with van der Waals surface area (Å²) in [6.07, 6.45) is 1.80. The molecule has 0 bridgehead atoms. The third-order valence-corrected chi connectivity index (χ3v) is 6.54. The van der Waals surface area contributed by atoms with Crippen LogP contribution < -0.4 is 10.6 Å². The molecule has 0 radical (unpaired) electrons. The first-order valence-electron chi connectivity index (χ1n) is 11.5. The Morgan fingerprint density at radius 3 is 2.56 bits per heavy atom. The average molecular weight is 475 g/mol. The number of carbonyl (C=O) groups is 2. The van der Waals surface area contributed by atoms with Crippen LogP contribution >= 0.6 is 11.6 Å². The van der Waals surface area contributed by atoms with Gasteiger partial charge in [0, 0.05) is 47.1 Å². The SMILES string of the molecule is Cc1cc(C(=O)N2CC(C)NC(C)C2)c(C=C2C(=O)Nc3cccc(-c4cccc(Cl)c4)c32)[nH]1. The summed E-state index contributed by atoms with van der Waals surface area (Å²) >= 11 is 6.24. The van der Waals surface area contributed by atoms with Crippen LogP contribution in [0.15, 0.2) is 48.5 Å². The van der Waals surface area contributed by atoms with Crippen LogP contribution in [0.25, 0.3) is 22.8 Å². The molecule has 1 saturated heterocycles. The fourth-order valence-electron chi connectivity index (χ4n) is 4.99. The molecule has 0 spiro atoms. The molecule has 7 heteroatoms. The maximum absolute atomic E-state index is 13.5. The van der Waals surface area contributed by atoms with E-state index in [1.807, 2.05) is 60.4 Å². The third kappa shape index (κ3) is 4.15. The molecule has 0 saturated carbocycles. The number of amides is 2. The Bertz CT molecular complexity index is 1320. The number of rotatable bonds is 3. The Morgan fingerprint density at radius 1 is 1.09 bits per heavy atom. The highest BCUT2D eigenvalue weighted by atomic mass is 35.5. The fraction of sp³-hybridized carbons (Fsp3) is 0.259. The number of aromatic amines is 1. The predicted molar refractivity (Wildman–Crippen MR) is 137 cm³/mol. The van der Waals surface area contributed by atoms with Gasteiger partial charge in [0.05, 0.1) is 16.8 Å². The molecule has 1 fully saturated rings. The minimum atomic E-state index is -0.195. The van der Waals surface area contributed by atoms with Gasteiger partial charge in [0.15, 0.2) is 0 Å². The van der Waals surface area contributed by atoms with Crippen LogP contribution in [-0.2, 0) is 4.79 Å². The number of piperazine rings is 1. The molecule has 3 aromatic rings. The summed E-state index contributed by atoms with van der Waals surface area (Å²) in [5.74, 6) is -0.224. The molecular formula is C27H27ClN4O2. The van der Waals surface area contributed by atoms with E-state index in [2.05, 4.69) is 29.5 Å². The van der Waals surface area contributed by atoms with Crippen molar-refractivity contribution in [2.75, 3.05) is 18.4 Å². The van der Waals surface area contributed by atoms with Gasteiger partial charge in [-0.25, -0.2) is 0 Å². The number of halogens is 1. The fourth-order valence-corrected chi connectivity index (χ4v) is 5.18. The first-order valence-corrected chi connectivity index (χ1v) is 11.8. The van der Waals surface area contributed by atoms with Crippen molar-refractivity contribution in [3.05, 3.63) is 76.1 Å². The summed E-state index contributed by atoms with van der Waals surface area (Å²) in [5.41, 5.74) is 5.99. The van der Waals surface area contributed by atoms with Gasteiger partial charge in [-0.1, -0.05) is 35.9 Å². The van der Waals surface area contributed by atoms with E-state index < -0.39 is 0 Å². The average Bonchev–Trinajstić information content (AvgIpc) is 3.31. The zero-order valence-corrected chi connectivity index (χ0v) is 20.2. The number of benzene rings is 2. The number of H-pyrrole nitrogens is 1. The minimum absolute atomic E-state index is 0.0295. The number of aromatic nitrogens is 1. The summed E-state index contributed by atoms with van der Waals surface area (Å²) in [6, 6.07) is 15.7. The summed E-state index contributed by atoms with van der Waals surface area (Å²) < 4.78 is 0. The van der Waals surface area contributed by atoms with Crippen molar-refractivity contribution in [3.63, 3.8) is 0 Å². The van der Waals surface area contributed by atoms with Crippen LogP contribution in [0, 0.1) is 6.92 Å². The number of hydrogen-bond acceptors (Lipinski definition) is 3. The summed E-state index contributed by atoms with van der Waals surface area (Å²) in [6.45, 7) is 7.37. The van der Waals surface area contributed by atoms with Crippen molar-refractivity contribution in [2.45, 2.75) is 32.9 Å². The normalized spacial score (nSPS) is 21.0. The molecule has 174 valence electrons. The molecule has 2 atom stereocenters. The van der Waals surface area contributed by atoms with Gasteiger partial charge in [0.25, 0.3) is 11.8 Å². The maximum atomic E-state index is 13.5. The number of fused-ring (bicyclic) bond motifs is 1. The molecule has 2 aromatic carbocycles. The van der Waals surface area contributed by atoms with E-state index >= 15 is 0 Å². The van der Waals surface area contributed by atoms with E-state index in [0.29, 0.717) is 34.9 Å². The predicted octanol–water partition coefficient (Wildman–Crippen LogP) is 4.96. The molecular weight excluding hydrogens is 448 g/mol. The van der Waals surface area contributed by atoms with Gasteiger partial charge in [-0.2, -0.15) is 0 Å². The molecule has 34 heavy (non-hydrogen) atoms. The minimum Gasteiger partial charge on any atom is -0.358 e. The second-order valence-corrected chi connectivity index (χ2v) is 9.65. The van der Waals surface area contributed by atoms with Crippen molar-refractivity contribution in [3.8, 4) is 11.1 Å². The number of aryl methyl sites for hydroxylation is 1. The van der Waals surface area contributed by atoms with E-state index in [4.69, 9.17) is 11.6 Å². The standard InChI is InChI=1S/C27H27ClN4O2/c1-15-10-21(27(34)32-13-16(2)29-17(3)14-32)24(30-15)12-22-25-20(18-6-4-7-19(28)11-18)8-5-9-23(25)31-26(22)33/h4-12,16-17,29-30H,13-14H2,1-3H3,(H,31,33). The summed E-state index contributed by atoms with van der Waals surface area (Å²) in [5, 5.41) is 7.06. The van der Waals surface area contributed by atoms with Gasteiger partial charge in [0.2, 0.25) is 0 Å². The summed E-state index contributed by atoms with van der Waals surface area (Å²) in [4.78, 5) is 31.7. The highest BCUT2D eigenvalue weighted by Crippen LogP contribution is 2.41. The molecule has 3 N–H and O–H groups in total. The lowest BCUT2D eigenvalue weighted by molar-refractivity contribution is -0.110. The molecule has 2 amide bonds. The number of carbonyl (C=O) groups excluding carboxylic acids is 2. The van der Waals surface area contributed by atoms with E-state index in [1.54, 1.807) is 6.08 Å². The van der Waals surface area contributed by atoms with E-state index in [9.17, 15) is 9.59 Å². The Labute approximate surface area is 204 Å². The molecule has 2 aliphatic heterocycles. The zero-order valence-electron chi connectivity index (χ0n) is 19.4. The van der Waals surface area contributed by atoms with E-state index in [1.165, 1.54) is 0 Å². The van der Waals surface area contributed by atoms with Crippen molar-refractivity contribution < 1.29 is 9.59 Å². The number of nitrogens with one attached hydrogen (secondary N) is 3. The van der Waals surface area contributed by atoms with E-state index in [0.717, 1.165) is 28.1 Å². The first-order chi connectivity index (χ1) is 16.3. The molecule has 1 aromatic heterocycles. The first kappa shape index (κ1) is 22.4. The molecule has 3 heterocycles. The number of nitrogens with zero attached hydrogens (tertiary/aromatic N) is 1. The third-order valence-electron chi connectivity index (χ3n) is 6.31. The number of anilines is 1. The molecule has 0 aliphatic carbocycles. The number of hydrogen-bond donors (Lipinski definition) is 3. The van der Waals surface area contributed by atoms with Crippen LogP contribution in [0.3, 0.4) is 0 Å².